The number of hydrogen-bond acceptors (Lipinski definition) is 5. The summed E-state index contributed by atoms with van der Waals surface area (Å²) < 4.78 is 19.5. The fourth-order valence-electron chi connectivity index (χ4n) is 4.37. The zero-order chi connectivity index (χ0) is 19.0. The Hall–Kier alpha value is -2.47. The Morgan fingerprint density at radius 3 is 2.63 bits per heavy atom. The minimum Gasteiger partial charge on any atom is -0.506 e. The minimum atomic E-state index is -0.268. The van der Waals surface area contributed by atoms with Gasteiger partial charge in [0.25, 0.3) is 0 Å². The Bertz CT molecular complexity index is 806. The largest absolute Gasteiger partial charge is 0.506 e. The maximum absolute atomic E-state index is 13.5. The number of benzene rings is 1. The first kappa shape index (κ1) is 17.9. The fourth-order valence-corrected chi connectivity index (χ4v) is 4.37. The van der Waals surface area contributed by atoms with Gasteiger partial charge in [0.15, 0.2) is 5.78 Å². The standard InChI is InChI=1S/C21H23FN2O3/c1-13-4-16(22)8-18(5-13)27-19-6-14-10-24(11-15(14)7-19)12-21(26)20-3-2-17(25)9-23-20/h2-5,8-9,14-15,19,25H,6-7,10-12H2,1H3/t14-,15+,19?. The van der Waals surface area contributed by atoms with E-state index in [1.54, 1.807) is 6.07 Å². The van der Waals surface area contributed by atoms with Crippen molar-refractivity contribution in [3.05, 3.63) is 53.6 Å². The molecule has 1 aromatic heterocycles. The Kier molecular flexibility index (Phi) is 4.83. The molecule has 0 bridgehead atoms. The van der Waals surface area contributed by atoms with E-state index in [1.165, 1.54) is 24.4 Å². The van der Waals surface area contributed by atoms with Crippen LogP contribution in [0.25, 0.3) is 0 Å². The van der Waals surface area contributed by atoms with Gasteiger partial charge in [-0.3, -0.25) is 9.69 Å². The zero-order valence-corrected chi connectivity index (χ0v) is 15.3. The third kappa shape index (κ3) is 4.11. The molecule has 0 amide bonds. The number of Topliss-reactive ketones (excluding diaryl/α,β-unsaturated/α-hetero) is 1. The number of pyridine rings is 1. The molecule has 1 aliphatic heterocycles. The van der Waals surface area contributed by atoms with Gasteiger partial charge in [-0.1, -0.05) is 0 Å². The Morgan fingerprint density at radius 2 is 2.00 bits per heavy atom. The highest BCUT2D eigenvalue weighted by Crippen LogP contribution is 2.39. The van der Waals surface area contributed by atoms with Crippen molar-refractivity contribution in [1.82, 2.24) is 9.88 Å². The quantitative estimate of drug-likeness (QED) is 0.819. The van der Waals surface area contributed by atoms with Crippen LogP contribution in [0.4, 0.5) is 4.39 Å². The van der Waals surface area contributed by atoms with E-state index in [-0.39, 0.29) is 23.5 Å². The molecular formula is C21H23FN2O3. The average Bonchev–Trinajstić information content (AvgIpc) is 3.12. The van der Waals surface area contributed by atoms with Gasteiger partial charge in [-0.2, -0.15) is 0 Å². The maximum Gasteiger partial charge on any atom is 0.195 e. The van der Waals surface area contributed by atoms with Crippen LogP contribution in [-0.4, -0.2) is 46.5 Å². The second-order valence-electron chi connectivity index (χ2n) is 7.71. The molecule has 5 nitrogen and oxygen atoms in total. The number of aryl methyl sites for hydroxylation is 1. The summed E-state index contributed by atoms with van der Waals surface area (Å²) in [6.45, 7) is 3.95. The molecule has 0 radical (unpaired) electrons. The van der Waals surface area contributed by atoms with E-state index < -0.39 is 0 Å². The van der Waals surface area contributed by atoms with E-state index in [1.807, 2.05) is 13.0 Å². The molecule has 1 unspecified atom stereocenters. The molecule has 2 fully saturated rings. The molecule has 0 spiro atoms. The number of hydrogen-bond donors (Lipinski definition) is 1. The van der Waals surface area contributed by atoms with Gasteiger partial charge in [-0.05, 0) is 61.4 Å². The number of likely N-dealkylation sites (tertiary alicyclic amines) is 1. The second-order valence-corrected chi connectivity index (χ2v) is 7.71. The molecule has 1 saturated carbocycles. The first-order valence-corrected chi connectivity index (χ1v) is 9.30. The molecule has 2 heterocycles. The second kappa shape index (κ2) is 7.27. The van der Waals surface area contributed by atoms with Crippen molar-refractivity contribution in [1.29, 1.82) is 0 Å². The lowest BCUT2D eigenvalue weighted by Crippen LogP contribution is -2.30. The summed E-state index contributed by atoms with van der Waals surface area (Å²) in [5.74, 6) is 1.37. The summed E-state index contributed by atoms with van der Waals surface area (Å²) >= 11 is 0. The summed E-state index contributed by atoms with van der Waals surface area (Å²) in [6.07, 6.45) is 3.27. The van der Waals surface area contributed by atoms with E-state index in [0.717, 1.165) is 31.5 Å². The Morgan fingerprint density at radius 1 is 1.26 bits per heavy atom. The molecule has 142 valence electrons. The molecule has 3 atom stereocenters. The van der Waals surface area contributed by atoms with Gasteiger partial charge in [0.1, 0.15) is 23.0 Å². The summed E-state index contributed by atoms with van der Waals surface area (Å²) in [5, 5.41) is 9.28. The molecule has 4 rings (SSSR count). The summed E-state index contributed by atoms with van der Waals surface area (Å²) in [7, 11) is 0. The number of aromatic nitrogens is 1. The third-order valence-corrected chi connectivity index (χ3v) is 5.50. The van der Waals surface area contributed by atoms with Crippen molar-refractivity contribution in [2.24, 2.45) is 11.8 Å². The molecule has 1 aliphatic carbocycles. The van der Waals surface area contributed by atoms with Crippen molar-refractivity contribution in [2.75, 3.05) is 19.6 Å². The Balaban J connectivity index is 1.30. The van der Waals surface area contributed by atoms with Gasteiger partial charge in [-0.25, -0.2) is 9.37 Å². The van der Waals surface area contributed by atoms with Crippen LogP contribution in [0.3, 0.4) is 0 Å². The number of aromatic hydroxyl groups is 1. The van der Waals surface area contributed by atoms with Gasteiger partial charge in [-0.15, -0.1) is 0 Å². The lowest BCUT2D eigenvalue weighted by molar-refractivity contribution is 0.0932. The number of ether oxygens (including phenoxy) is 1. The molecule has 2 aromatic rings. The maximum atomic E-state index is 13.5. The van der Waals surface area contributed by atoms with Crippen molar-refractivity contribution in [3.8, 4) is 11.5 Å². The van der Waals surface area contributed by atoms with Crippen LogP contribution in [0, 0.1) is 24.6 Å². The Labute approximate surface area is 157 Å². The molecule has 6 heteroatoms. The van der Waals surface area contributed by atoms with E-state index in [2.05, 4.69) is 9.88 Å². The molecule has 2 aliphatic rings. The van der Waals surface area contributed by atoms with Crippen molar-refractivity contribution >= 4 is 5.78 Å². The smallest absolute Gasteiger partial charge is 0.195 e. The lowest BCUT2D eigenvalue weighted by atomic mass is 10.0. The summed E-state index contributed by atoms with van der Waals surface area (Å²) in [4.78, 5) is 18.5. The predicted octanol–water partition coefficient (Wildman–Crippen LogP) is 3.21. The zero-order valence-electron chi connectivity index (χ0n) is 15.3. The molecule has 1 saturated heterocycles. The van der Waals surface area contributed by atoms with Gasteiger partial charge in [0.2, 0.25) is 0 Å². The lowest BCUT2D eigenvalue weighted by Gasteiger charge is -2.19. The van der Waals surface area contributed by atoms with Crippen LogP contribution in [0.1, 0.15) is 28.9 Å². The van der Waals surface area contributed by atoms with Gasteiger partial charge >= 0.3 is 0 Å². The van der Waals surface area contributed by atoms with E-state index in [4.69, 9.17) is 4.74 Å². The normalized spacial score (nSPS) is 24.7. The molecular weight excluding hydrogens is 347 g/mol. The monoisotopic (exact) mass is 370 g/mol. The predicted molar refractivity (Wildman–Crippen MR) is 98.4 cm³/mol. The van der Waals surface area contributed by atoms with Crippen LogP contribution >= 0.6 is 0 Å². The fraction of sp³-hybridized carbons (Fsp3) is 0.429. The summed E-state index contributed by atoms with van der Waals surface area (Å²) in [5.41, 5.74) is 1.24. The number of fused-ring (bicyclic) bond motifs is 1. The minimum absolute atomic E-state index is 0.0296. The van der Waals surface area contributed by atoms with E-state index in [0.29, 0.717) is 29.8 Å². The van der Waals surface area contributed by atoms with Crippen LogP contribution in [0.5, 0.6) is 11.5 Å². The highest BCUT2D eigenvalue weighted by atomic mass is 19.1. The SMILES string of the molecule is Cc1cc(F)cc(OC2C[C@@H]3CN(CC(=O)c4ccc(O)cn4)C[C@@H]3C2)c1. The van der Waals surface area contributed by atoms with Crippen LogP contribution in [0.15, 0.2) is 36.5 Å². The van der Waals surface area contributed by atoms with Crippen molar-refractivity contribution < 1.29 is 19.0 Å². The van der Waals surface area contributed by atoms with E-state index in [9.17, 15) is 14.3 Å². The number of rotatable bonds is 5. The summed E-state index contributed by atoms with van der Waals surface area (Å²) in [6, 6.07) is 7.84. The number of ketones is 1. The number of carbonyl (C=O) groups excluding carboxylic acids is 1. The van der Waals surface area contributed by atoms with Gasteiger partial charge in [0.05, 0.1) is 18.8 Å². The van der Waals surface area contributed by atoms with Crippen LogP contribution in [-0.2, 0) is 0 Å². The number of nitrogens with zero attached hydrogens (tertiary/aromatic N) is 2. The highest BCUT2D eigenvalue weighted by molar-refractivity contribution is 5.95. The molecule has 27 heavy (non-hydrogen) atoms. The average molecular weight is 370 g/mol. The molecule has 1 aromatic carbocycles. The van der Waals surface area contributed by atoms with Gasteiger partial charge in [0, 0.05) is 19.2 Å². The first-order chi connectivity index (χ1) is 13.0. The van der Waals surface area contributed by atoms with Crippen molar-refractivity contribution in [2.45, 2.75) is 25.9 Å². The highest BCUT2D eigenvalue weighted by Gasteiger charge is 2.42. The van der Waals surface area contributed by atoms with Crippen LogP contribution < -0.4 is 4.74 Å². The number of halogens is 1. The third-order valence-electron chi connectivity index (χ3n) is 5.50. The topological polar surface area (TPSA) is 62.7 Å². The van der Waals surface area contributed by atoms with Crippen LogP contribution in [0.2, 0.25) is 0 Å². The molecule has 1 N–H and O–H groups in total. The van der Waals surface area contributed by atoms with E-state index >= 15 is 0 Å². The van der Waals surface area contributed by atoms with Crippen molar-refractivity contribution in [3.63, 3.8) is 0 Å². The van der Waals surface area contributed by atoms with Gasteiger partial charge < -0.3 is 9.84 Å². The first-order valence-electron chi connectivity index (χ1n) is 9.30. The number of carbonyl (C=O) groups is 1.